The van der Waals surface area contributed by atoms with Crippen LogP contribution in [0.5, 0.6) is 0 Å². The topological polar surface area (TPSA) is 12.0 Å². The number of nitrogens with one attached hydrogen (secondary N) is 1. The molecule has 0 rings (SSSR count). The van der Waals surface area contributed by atoms with Gasteiger partial charge < -0.3 is 5.32 Å². The molecule has 8 heavy (non-hydrogen) atoms. The average molecular weight is 129 g/mol. The molecule has 0 aromatic carbocycles. The SMILES string of the molecule is CC(=S)NC=C(C)C. The molecule has 0 aromatic rings. The lowest BCUT2D eigenvalue weighted by Crippen LogP contribution is -2.09. The smallest absolute Gasteiger partial charge is 0.0761 e. The van der Waals surface area contributed by atoms with E-state index in [9.17, 15) is 0 Å². The van der Waals surface area contributed by atoms with Gasteiger partial charge in [-0.2, -0.15) is 0 Å². The molecule has 0 saturated heterocycles. The normalized spacial score (nSPS) is 7.88. The zero-order valence-corrected chi connectivity index (χ0v) is 6.30. The van der Waals surface area contributed by atoms with Crippen molar-refractivity contribution in [2.75, 3.05) is 0 Å². The minimum atomic E-state index is 0.811. The van der Waals surface area contributed by atoms with Crippen molar-refractivity contribution in [3.63, 3.8) is 0 Å². The molecule has 0 bridgehead atoms. The molecule has 0 aliphatic carbocycles. The molecule has 46 valence electrons. The molecule has 1 N–H and O–H groups in total. The van der Waals surface area contributed by atoms with Crippen LogP contribution in [0.4, 0.5) is 0 Å². The van der Waals surface area contributed by atoms with Gasteiger partial charge >= 0.3 is 0 Å². The fraction of sp³-hybridized carbons (Fsp3) is 0.500. The predicted molar refractivity (Wildman–Crippen MR) is 40.8 cm³/mol. The molecular weight excluding hydrogens is 118 g/mol. The third kappa shape index (κ3) is 5.63. The van der Waals surface area contributed by atoms with Crippen LogP contribution < -0.4 is 5.32 Å². The van der Waals surface area contributed by atoms with Crippen LogP contribution in [-0.2, 0) is 0 Å². The first kappa shape index (κ1) is 7.63. The fourth-order valence-corrected chi connectivity index (χ4v) is 0.305. The van der Waals surface area contributed by atoms with E-state index in [1.54, 1.807) is 0 Å². The van der Waals surface area contributed by atoms with E-state index in [0.29, 0.717) is 0 Å². The van der Waals surface area contributed by atoms with Gasteiger partial charge in [-0.25, -0.2) is 0 Å². The highest BCUT2D eigenvalue weighted by Crippen LogP contribution is 1.83. The summed E-state index contributed by atoms with van der Waals surface area (Å²) in [5.41, 5.74) is 1.23. The molecule has 0 fully saturated rings. The van der Waals surface area contributed by atoms with E-state index in [1.807, 2.05) is 27.0 Å². The first-order valence-corrected chi connectivity index (χ1v) is 2.94. The summed E-state index contributed by atoms with van der Waals surface area (Å²) < 4.78 is 0. The lowest BCUT2D eigenvalue weighted by molar-refractivity contribution is 1.22. The molecule has 0 unspecified atom stereocenters. The Labute approximate surface area is 55.8 Å². The highest BCUT2D eigenvalue weighted by atomic mass is 32.1. The molecule has 1 nitrogen and oxygen atoms in total. The van der Waals surface area contributed by atoms with Crippen LogP contribution in [-0.4, -0.2) is 4.99 Å². The van der Waals surface area contributed by atoms with E-state index < -0.39 is 0 Å². The first-order valence-electron chi connectivity index (χ1n) is 2.53. The van der Waals surface area contributed by atoms with E-state index in [4.69, 9.17) is 12.2 Å². The molecule has 0 heterocycles. The third-order valence-corrected chi connectivity index (χ3v) is 0.682. The number of rotatable bonds is 1. The van der Waals surface area contributed by atoms with Gasteiger partial charge in [-0.1, -0.05) is 17.8 Å². The Balaban J connectivity index is 3.45. The van der Waals surface area contributed by atoms with Crippen LogP contribution in [0.3, 0.4) is 0 Å². The second kappa shape index (κ2) is 3.61. The molecule has 0 aliphatic rings. The van der Waals surface area contributed by atoms with Gasteiger partial charge in [-0.3, -0.25) is 0 Å². The van der Waals surface area contributed by atoms with Gasteiger partial charge in [0.15, 0.2) is 0 Å². The van der Waals surface area contributed by atoms with Crippen molar-refractivity contribution < 1.29 is 0 Å². The highest BCUT2D eigenvalue weighted by Gasteiger charge is 1.77. The Morgan fingerprint density at radius 3 is 2.00 bits per heavy atom. The maximum Gasteiger partial charge on any atom is 0.0761 e. The molecular formula is C6H11NS. The molecule has 0 amide bonds. The van der Waals surface area contributed by atoms with Gasteiger partial charge in [0, 0.05) is 6.20 Å². The molecule has 0 aliphatic heterocycles. The maximum atomic E-state index is 4.76. The van der Waals surface area contributed by atoms with Gasteiger partial charge in [0.2, 0.25) is 0 Å². The zero-order chi connectivity index (χ0) is 6.57. The van der Waals surface area contributed by atoms with Crippen LogP contribution in [0.1, 0.15) is 20.8 Å². The van der Waals surface area contributed by atoms with Crippen LogP contribution in [0.25, 0.3) is 0 Å². The summed E-state index contributed by atoms with van der Waals surface area (Å²) in [7, 11) is 0. The fourth-order valence-electron chi connectivity index (χ4n) is 0.246. The summed E-state index contributed by atoms with van der Waals surface area (Å²) in [6.45, 7) is 5.89. The number of allylic oxidation sites excluding steroid dienone is 1. The van der Waals surface area contributed by atoms with Crippen molar-refractivity contribution in [2.24, 2.45) is 0 Å². The van der Waals surface area contributed by atoms with Crippen molar-refractivity contribution >= 4 is 17.2 Å². The number of hydrogen-bond donors (Lipinski definition) is 1. The molecule has 0 radical (unpaired) electrons. The minimum absolute atomic E-state index is 0.811. The van der Waals surface area contributed by atoms with Crippen LogP contribution in [0.15, 0.2) is 11.8 Å². The lowest BCUT2D eigenvalue weighted by Gasteiger charge is -1.93. The average Bonchev–Trinajstić information content (AvgIpc) is 1.61. The molecule has 0 spiro atoms. The highest BCUT2D eigenvalue weighted by molar-refractivity contribution is 7.80. The Bertz CT molecular complexity index is 112. The van der Waals surface area contributed by atoms with Crippen LogP contribution >= 0.6 is 12.2 Å². The molecule has 0 atom stereocenters. The number of hydrogen-bond acceptors (Lipinski definition) is 1. The summed E-state index contributed by atoms with van der Waals surface area (Å²) in [6.07, 6.45) is 1.89. The second-order valence-electron chi connectivity index (χ2n) is 1.92. The van der Waals surface area contributed by atoms with Gasteiger partial charge in [-0.05, 0) is 20.8 Å². The summed E-state index contributed by atoms with van der Waals surface area (Å²) in [5.74, 6) is 0. The van der Waals surface area contributed by atoms with E-state index in [0.717, 1.165) is 4.99 Å². The first-order chi connectivity index (χ1) is 3.63. The van der Waals surface area contributed by atoms with Crippen LogP contribution in [0, 0.1) is 0 Å². The van der Waals surface area contributed by atoms with E-state index in [1.165, 1.54) is 5.57 Å². The summed E-state index contributed by atoms with van der Waals surface area (Å²) in [6, 6.07) is 0. The molecule has 0 saturated carbocycles. The number of thiocarbonyl (C=S) groups is 1. The largest absolute Gasteiger partial charge is 0.357 e. The maximum absolute atomic E-state index is 4.76. The Hall–Kier alpha value is -0.370. The quantitative estimate of drug-likeness (QED) is 0.542. The van der Waals surface area contributed by atoms with Gasteiger partial charge in [0.1, 0.15) is 0 Å². The van der Waals surface area contributed by atoms with Crippen molar-refractivity contribution in [2.45, 2.75) is 20.8 Å². The van der Waals surface area contributed by atoms with Crippen molar-refractivity contribution in [1.82, 2.24) is 5.32 Å². The third-order valence-electron chi connectivity index (χ3n) is 0.564. The van der Waals surface area contributed by atoms with Gasteiger partial charge in [-0.15, -0.1) is 0 Å². The minimum Gasteiger partial charge on any atom is -0.357 e. The molecule has 0 aromatic heterocycles. The van der Waals surface area contributed by atoms with Crippen molar-refractivity contribution in [3.05, 3.63) is 11.8 Å². The zero-order valence-electron chi connectivity index (χ0n) is 5.49. The van der Waals surface area contributed by atoms with Gasteiger partial charge in [0.05, 0.1) is 4.99 Å². The molecule has 2 heteroatoms. The standard InChI is InChI=1S/C6H11NS/c1-5(2)4-7-6(3)8/h4H,1-3H3,(H,7,8). The summed E-state index contributed by atoms with van der Waals surface area (Å²) in [4.78, 5) is 0.811. The predicted octanol–water partition coefficient (Wildman–Crippen LogP) is 1.85. The van der Waals surface area contributed by atoms with E-state index in [2.05, 4.69) is 5.32 Å². The summed E-state index contributed by atoms with van der Waals surface area (Å²) >= 11 is 4.76. The Morgan fingerprint density at radius 1 is 1.38 bits per heavy atom. The van der Waals surface area contributed by atoms with Gasteiger partial charge in [0.25, 0.3) is 0 Å². The van der Waals surface area contributed by atoms with Crippen molar-refractivity contribution in [1.29, 1.82) is 0 Å². The Kier molecular flexibility index (Phi) is 3.44. The lowest BCUT2D eigenvalue weighted by atomic mass is 10.4. The monoisotopic (exact) mass is 129 g/mol. The Morgan fingerprint density at radius 2 is 1.88 bits per heavy atom. The van der Waals surface area contributed by atoms with Crippen LogP contribution in [0.2, 0.25) is 0 Å². The summed E-state index contributed by atoms with van der Waals surface area (Å²) in [5, 5.41) is 2.91. The van der Waals surface area contributed by atoms with E-state index in [-0.39, 0.29) is 0 Å². The van der Waals surface area contributed by atoms with E-state index >= 15 is 0 Å². The second-order valence-corrected chi connectivity index (χ2v) is 2.53. The van der Waals surface area contributed by atoms with Crippen molar-refractivity contribution in [3.8, 4) is 0 Å².